The second kappa shape index (κ2) is 9.99. The Balaban J connectivity index is 0.00000338. The Bertz CT molecular complexity index is 647. The van der Waals surface area contributed by atoms with Crippen LogP contribution in [0.15, 0.2) is 48.7 Å². The molecule has 0 spiro atoms. The van der Waals surface area contributed by atoms with Gasteiger partial charge in [0.2, 0.25) is 0 Å². The molecule has 5 heteroatoms. The molecule has 1 aliphatic rings. The fourth-order valence-electron chi connectivity index (χ4n) is 2.68. The normalized spacial score (nSPS) is 13.4. The first-order valence-electron chi connectivity index (χ1n) is 8.76. The van der Waals surface area contributed by atoms with Gasteiger partial charge in [-0.05, 0) is 48.4 Å². The van der Waals surface area contributed by atoms with Crippen LogP contribution in [0.1, 0.15) is 32.3 Å². The summed E-state index contributed by atoms with van der Waals surface area (Å²) in [5.74, 6) is 0.780. The molecule has 0 aliphatic heterocycles. The zero-order chi connectivity index (χ0) is 18.1. The van der Waals surface area contributed by atoms with Gasteiger partial charge in [-0.3, -0.25) is 0 Å². The molecule has 1 heterocycles. The molecule has 0 amide bonds. The van der Waals surface area contributed by atoms with Crippen LogP contribution in [0.25, 0.3) is 0 Å². The van der Waals surface area contributed by atoms with Crippen LogP contribution in [0.3, 0.4) is 0 Å². The number of fused-ring (bicyclic) bond motifs is 1. The van der Waals surface area contributed by atoms with Gasteiger partial charge >= 0.3 is 0 Å². The van der Waals surface area contributed by atoms with Crippen LogP contribution in [0.2, 0.25) is 0 Å². The van der Waals surface area contributed by atoms with Gasteiger partial charge in [-0.2, -0.15) is 0 Å². The monoisotopic (exact) mass is 348 g/mol. The van der Waals surface area contributed by atoms with Crippen molar-refractivity contribution in [3.63, 3.8) is 0 Å². The summed E-state index contributed by atoms with van der Waals surface area (Å²) in [7, 11) is 0. The fraction of sp³-hybridized carbons (Fsp3) is 0.450. The molecule has 25 heavy (non-hydrogen) atoms. The van der Waals surface area contributed by atoms with E-state index in [-0.39, 0.29) is 1.43 Å². The van der Waals surface area contributed by atoms with Crippen molar-refractivity contribution in [2.24, 2.45) is 0 Å². The van der Waals surface area contributed by atoms with Crippen molar-refractivity contribution < 1.29 is 15.3 Å². The number of nitrogens with zero attached hydrogens (tertiary/aromatic N) is 1. The van der Waals surface area contributed by atoms with Crippen LogP contribution in [-0.4, -0.2) is 31.3 Å². The number of allylic oxidation sites excluding steroid dienone is 3. The van der Waals surface area contributed by atoms with E-state index in [1.807, 2.05) is 13.1 Å². The molecule has 0 saturated carbocycles. The maximum atomic E-state index is 12.9. The van der Waals surface area contributed by atoms with E-state index in [0.717, 1.165) is 24.2 Å². The third-order valence-corrected chi connectivity index (χ3v) is 4.08. The van der Waals surface area contributed by atoms with E-state index in [0.29, 0.717) is 38.5 Å². The van der Waals surface area contributed by atoms with Gasteiger partial charge in [0, 0.05) is 20.2 Å². The Morgan fingerprint density at radius 1 is 1.32 bits per heavy atom. The van der Waals surface area contributed by atoms with E-state index < -0.39 is 5.83 Å². The summed E-state index contributed by atoms with van der Waals surface area (Å²) >= 11 is 0. The van der Waals surface area contributed by atoms with Crippen molar-refractivity contribution >= 4 is 5.82 Å². The van der Waals surface area contributed by atoms with Crippen LogP contribution >= 0.6 is 0 Å². The highest BCUT2D eigenvalue weighted by Gasteiger charge is 2.11. The van der Waals surface area contributed by atoms with Gasteiger partial charge in [0.25, 0.3) is 0 Å². The van der Waals surface area contributed by atoms with Crippen LogP contribution in [-0.2, 0) is 22.3 Å². The van der Waals surface area contributed by atoms with Crippen LogP contribution < -0.4 is 5.32 Å². The molecule has 4 nitrogen and oxygen atoms in total. The number of halogens is 1. The zero-order valence-corrected chi connectivity index (χ0v) is 14.9. The minimum atomic E-state index is -0.545. The highest BCUT2D eigenvalue weighted by molar-refractivity contribution is 5.42. The number of hydrogen-bond acceptors (Lipinski definition) is 4. The number of aryl methyl sites for hydroxylation is 2. The van der Waals surface area contributed by atoms with Crippen molar-refractivity contribution in [3.05, 3.63) is 59.8 Å². The second-order valence-electron chi connectivity index (χ2n) is 5.99. The number of aromatic nitrogens is 1. The predicted octanol–water partition coefficient (Wildman–Crippen LogP) is 4.59. The van der Waals surface area contributed by atoms with Crippen LogP contribution in [0.5, 0.6) is 0 Å². The third-order valence-electron chi connectivity index (χ3n) is 4.08. The van der Waals surface area contributed by atoms with Gasteiger partial charge in [0.1, 0.15) is 24.0 Å². The predicted molar refractivity (Wildman–Crippen MR) is 101 cm³/mol. The van der Waals surface area contributed by atoms with E-state index in [4.69, 9.17) is 9.47 Å². The largest absolute Gasteiger partial charge is 0.491 e. The number of ether oxygens (including phenoxy) is 2. The Kier molecular flexibility index (Phi) is 7.67. The quantitative estimate of drug-likeness (QED) is 0.361. The first-order valence-corrected chi connectivity index (χ1v) is 8.76. The van der Waals surface area contributed by atoms with E-state index in [1.54, 1.807) is 0 Å². The average molecular weight is 348 g/mol. The highest BCUT2D eigenvalue weighted by Crippen LogP contribution is 2.22. The van der Waals surface area contributed by atoms with Gasteiger partial charge in [0.15, 0.2) is 0 Å². The number of rotatable bonds is 11. The summed E-state index contributed by atoms with van der Waals surface area (Å²) in [6.07, 6.45) is 7.42. The van der Waals surface area contributed by atoms with Crippen molar-refractivity contribution in [2.45, 2.75) is 32.6 Å². The summed E-state index contributed by atoms with van der Waals surface area (Å²) in [5, 5.41) is 3.26. The van der Waals surface area contributed by atoms with Crippen LogP contribution in [0.4, 0.5) is 10.2 Å². The molecule has 1 N–H and O–H groups in total. The molecule has 2 rings (SSSR count). The van der Waals surface area contributed by atoms with Gasteiger partial charge in [-0.1, -0.05) is 20.1 Å². The Labute approximate surface area is 150 Å². The lowest BCUT2D eigenvalue weighted by Gasteiger charge is -2.12. The third kappa shape index (κ3) is 6.35. The molecule has 138 valence electrons. The van der Waals surface area contributed by atoms with E-state index in [2.05, 4.69) is 29.5 Å². The molecule has 1 aromatic rings. The summed E-state index contributed by atoms with van der Waals surface area (Å²) in [6.45, 7) is 11.0. The molecule has 0 saturated heterocycles. The van der Waals surface area contributed by atoms with E-state index in [1.165, 1.54) is 23.6 Å². The molecule has 0 fully saturated rings. The summed E-state index contributed by atoms with van der Waals surface area (Å²) in [6, 6.07) is 2.13. The first kappa shape index (κ1) is 19.2. The van der Waals surface area contributed by atoms with Gasteiger partial charge in [-0.15, -0.1) is 0 Å². The average Bonchev–Trinajstić information content (AvgIpc) is 3.06. The van der Waals surface area contributed by atoms with Gasteiger partial charge in [0.05, 0.1) is 13.2 Å². The van der Waals surface area contributed by atoms with Crippen LogP contribution in [0, 0.1) is 0 Å². The van der Waals surface area contributed by atoms with Gasteiger partial charge < -0.3 is 14.8 Å². The number of hydrogen-bond donors (Lipinski definition) is 1. The summed E-state index contributed by atoms with van der Waals surface area (Å²) in [5.41, 5.74) is 3.51. The minimum Gasteiger partial charge on any atom is -0.491 e. The van der Waals surface area contributed by atoms with Crippen molar-refractivity contribution in [2.75, 3.05) is 31.7 Å². The number of nitrogens with one attached hydrogen (secondary N) is 1. The SMILES string of the molecule is C=C(F)/C=C(/OCCOCCNc1cc2c(cn1)CCC2)C(=C)CC.[HH]. The Morgan fingerprint density at radius 2 is 2.12 bits per heavy atom. The smallest absolute Gasteiger partial charge is 0.126 e. The summed E-state index contributed by atoms with van der Waals surface area (Å²) in [4.78, 5) is 4.41. The topological polar surface area (TPSA) is 43.4 Å². The zero-order valence-electron chi connectivity index (χ0n) is 14.9. The Morgan fingerprint density at radius 3 is 2.88 bits per heavy atom. The second-order valence-corrected chi connectivity index (χ2v) is 5.99. The van der Waals surface area contributed by atoms with Gasteiger partial charge in [-0.25, -0.2) is 9.37 Å². The molecule has 0 aromatic carbocycles. The van der Waals surface area contributed by atoms with Crippen molar-refractivity contribution in [3.8, 4) is 0 Å². The molecule has 0 bridgehead atoms. The molecule has 1 aliphatic carbocycles. The molecular formula is C20H29FN2O2. The maximum absolute atomic E-state index is 12.9. The minimum absolute atomic E-state index is 0. The van der Waals surface area contributed by atoms with Crippen molar-refractivity contribution in [1.29, 1.82) is 0 Å². The lowest BCUT2D eigenvalue weighted by Crippen LogP contribution is -2.13. The lowest BCUT2D eigenvalue weighted by molar-refractivity contribution is 0.0831. The van der Waals surface area contributed by atoms with Crippen molar-refractivity contribution in [1.82, 2.24) is 4.98 Å². The number of anilines is 1. The lowest BCUT2D eigenvalue weighted by atomic mass is 10.2. The fourth-order valence-corrected chi connectivity index (χ4v) is 2.68. The van der Waals surface area contributed by atoms with E-state index in [9.17, 15) is 4.39 Å². The molecular weight excluding hydrogens is 319 g/mol. The highest BCUT2D eigenvalue weighted by atomic mass is 19.1. The molecule has 0 atom stereocenters. The Hall–Kier alpha value is -2.14. The number of pyridine rings is 1. The molecule has 1 aromatic heterocycles. The molecule has 0 unspecified atom stereocenters. The van der Waals surface area contributed by atoms with E-state index >= 15 is 0 Å². The summed E-state index contributed by atoms with van der Waals surface area (Å²) < 4.78 is 24.0. The molecule has 0 radical (unpaired) electrons. The maximum Gasteiger partial charge on any atom is 0.126 e. The first-order chi connectivity index (χ1) is 12.1. The standard InChI is InChI=1S/C20H27FN2O2.H2/c1-4-15(2)19(12-16(3)21)25-11-10-24-9-8-22-20-13-17-6-5-7-18(17)14-23-20;/h12-14H,2-11H2,1H3,(H,22,23);1H/b19-12+;.